The number of anilines is 1. The van der Waals surface area contributed by atoms with Crippen molar-refractivity contribution < 1.29 is 14.3 Å². The first-order chi connectivity index (χ1) is 13.8. The van der Waals surface area contributed by atoms with Crippen molar-refractivity contribution in [1.29, 1.82) is 0 Å². The molecule has 4 heteroatoms. The van der Waals surface area contributed by atoms with Crippen LogP contribution in [0, 0.1) is 23.7 Å². The molecule has 5 rings (SSSR count). The minimum Gasteiger partial charge on any atom is -0.457 e. The molecule has 4 atom stereocenters. The van der Waals surface area contributed by atoms with Gasteiger partial charge in [-0.3, -0.25) is 14.5 Å². The van der Waals surface area contributed by atoms with Crippen molar-refractivity contribution >= 4 is 17.5 Å². The van der Waals surface area contributed by atoms with Crippen LogP contribution in [0.5, 0.6) is 11.5 Å². The molecule has 0 N–H and O–H groups in total. The van der Waals surface area contributed by atoms with Gasteiger partial charge in [0.25, 0.3) is 0 Å². The Hall–Kier alpha value is -2.62. The summed E-state index contributed by atoms with van der Waals surface area (Å²) < 4.78 is 5.95. The van der Waals surface area contributed by atoms with Crippen LogP contribution in [0.15, 0.2) is 48.5 Å². The molecule has 1 heterocycles. The second-order valence-corrected chi connectivity index (χ2v) is 9.77. The van der Waals surface area contributed by atoms with Crippen LogP contribution in [0.1, 0.15) is 45.6 Å². The van der Waals surface area contributed by atoms with Crippen LogP contribution in [0.2, 0.25) is 0 Å². The summed E-state index contributed by atoms with van der Waals surface area (Å²) in [5.41, 5.74) is 2.02. The molecule has 150 valence electrons. The largest absolute Gasteiger partial charge is 0.457 e. The van der Waals surface area contributed by atoms with Crippen molar-refractivity contribution in [3.63, 3.8) is 0 Å². The van der Waals surface area contributed by atoms with Gasteiger partial charge in [-0.25, -0.2) is 0 Å². The Kier molecular flexibility index (Phi) is 4.09. The fourth-order valence-corrected chi connectivity index (χ4v) is 5.49. The summed E-state index contributed by atoms with van der Waals surface area (Å²) in [7, 11) is 0. The second-order valence-electron chi connectivity index (χ2n) is 9.77. The Morgan fingerprint density at radius 3 is 1.76 bits per heavy atom. The Morgan fingerprint density at radius 2 is 1.28 bits per heavy atom. The average Bonchev–Trinajstić information content (AvgIpc) is 3.36. The summed E-state index contributed by atoms with van der Waals surface area (Å²) >= 11 is 0. The molecular weight excluding hydrogens is 362 g/mol. The van der Waals surface area contributed by atoms with Gasteiger partial charge >= 0.3 is 0 Å². The monoisotopic (exact) mass is 389 g/mol. The van der Waals surface area contributed by atoms with Gasteiger partial charge in [-0.05, 0) is 78.5 Å². The van der Waals surface area contributed by atoms with Gasteiger partial charge in [-0.1, -0.05) is 32.9 Å². The molecule has 2 amide bonds. The fourth-order valence-electron chi connectivity index (χ4n) is 5.49. The molecule has 1 saturated heterocycles. The normalized spacial score (nSPS) is 28.2. The van der Waals surface area contributed by atoms with Gasteiger partial charge in [0.05, 0.1) is 17.5 Å². The number of carbonyl (C=O) groups is 2. The van der Waals surface area contributed by atoms with E-state index in [1.807, 2.05) is 36.4 Å². The van der Waals surface area contributed by atoms with Crippen LogP contribution in [0.3, 0.4) is 0 Å². The number of hydrogen-bond acceptors (Lipinski definition) is 3. The Bertz CT molecular complexity index is 927. The Morgan fingerprint density at radius 1 is 0.793 bits per heavy atom. The third-order valence-electron chi connectivity index (χ3n) is 6.98. The summed E-state index contributed by atoms with van der Waals surface area (Å²) in [5, 5.41) is 0. The van der Waals surface area contributed by atoms with Crippen LogP contribution < -0.4 is 9.64 Å². The standard InChI is InChI=1S/C25H27NO3/c1-25(2,3)17-6-10-19(11-7-17)29-20-12-8-18(9-13-20)26-23(27)21-15-4-5-16(14-15)22(21)24(26)28/h6-13,15-16,21-22H,4-5,14H2,1-3H3. The zero-order valence-corrected chi connectivity index (χ0v) is 17.2. The van der Waals surface area contributed by atoms with Crippen molar-refractivity contribution in [3.8, 4) is 11.5 Å². The summed E-state index contributed by atoms with van der Waals surface area (Å²) in [6.07, 6.45) is 3.25. The maximum absolute atomic E-state index is 13.0. The molecule has 2 bridgehead atoms. The molecule has 2 aromatic rings. The molecule has 2 aliphatic carbocycles. The van der Waals surface area contributed by atoms with Gasteiger partial charge in [0.2, 0.25) is 11.8 Å². The number of benzene rings is 2. The number of ether oxygens (including phenoxy) is 1. The molecule has 3 aliphatic rings. The number of fused-ring (bicyclic) bond motifs is 5. The van der Waals surface area contributed by atoms with E-state index in [9.17, 15) is 9.59 Å². The average molecular weight is 389 g/mol. The highest BCUT2D eigenvalue weighted by Gasteiger charge is 2.61. The topological polar surface area (TPSA) is 46.6 Å². The van der Waals surface area contributed by atoms with Gasteiger partial charge in [-0.2, -0.15) is 0 Å². The predicted octanol–water partition coefficient (Wildman–Crippen LogP) is 5.31. The number of carbonyl (C=O) groups excluding carboxylic acids is 2. The van der Waals surface area contributed by atoms with Crippen molar-refractivity contribution in [2.24, 2.45) is 23.7 Å². The molecular formula is C25H27NO3. The van der Waals surface area contributed by atoms with E-state index in [4.69, 9.17) is 4.74 Å². The minimum absolute atomic E-state index is 0.00126. The van der Waals surface area contributed by atoms with Crippen molar-refractivity contribution in [2.45, 2.75) is 45.4 Å². The number of hydrogen-bond donors (Lipinski definition) is 0. The molecule has 0 aromatic heterocycles. The fraction of sp³-hybridized carbons (Fsp3) is 0.440. The number of nitrogens with zero attached hydrogens (tertiary/aromatic N) is 1. The van der Waals surface area contributed by atoms with Crippen molar-refractivity contribution in [3.05, 3.63) is 54.1 Å². The van der Waals surface area contributed by atoms with Gasteiger partial charge in [0.15, 0.2) is 0 Å². The first-order valence-corrected chi connectivity index (χ1v) is 10.6. The smallest absolute Gasteiger partial charge is 0.237 e. The lowest BCUT2D eigenvalue weighted by molar-refractivity contribution is -0.123. The van der Waals surface area contributed by atoms with Crippen LogP contribution in [0.4, 0.5) is 5.69 Å². The molecule has 2 saturated carbocycles. The van der Waals surface area contributed by atoms with E-state index in [0.29, 0.717) is 23.3 Å². The van der Waals surface area contributed by atoms with Crippen LogP contribution in [-0.2, 0) is 15.0 Å². The van der Waals surface area contributed by atoms with Gasteiger partial charge in [0.1, 0.15) is 11.5 Å². The van der Waals surface area contributed by atoms with Gasteiger partial charge in [-0.15, -0.1) is 0 Å². The maximum atomic E-state index is 13.0. The summed E-state index contributed by atoms with van der Waals surface area (Å²) in [5.74, 6) is 2.10. The van der Waals surface area contributed by atoms with E-state index >= 15 is 0 Å². The van der Waals surface area contributed by atoms with Crippen LogP contribution in [0.25, 0.3) is 0 Å². The Labute approximate surface area is 171 Å². The minimum atomic E-state index is -0.0847. The van der Waals surface area contributed by atoms with Crippen molar-refractivity contribution in [2.75, 3.05) is 4.90 Å². The van der Waals surface area contributed by atoms with Crippen LogP contribution in [-0.4, -0.2) is 11.8 Å². The first-order valence-electron chi connectivity index (χ1n) is 10.6. The van der Waals surface area contributed by atoms with E-state index in [0.717, 1.165) is 25.0 Å². The first kappa shape index (κ1) is 18.4. The summed E-state index contributed by atoms with van der Waals surface area (Å²) in [6.45, 7) is 6.55. The Balaban J connectivity index is 1.32. The number of amides is 2. The van der Waals surface area contributed by atoms with E-state index < -0.39 is 0 Å². The van der Waals surface area contributed by atoms with Gasteiger partial charge in [0, 0.05) is 0 Å². The molecule has 1 aliphatic heterocycles. The molecule has 4 unspecified atom stereocenters. The highest BCUT2D eigenvalue weighted by atomic mass is 16.5. The molecule has 0 radical (unpaired) electrons. The van der Waals surface area contributed by atoms with E-state index in [2.05, 4.69) is 32.9 Å². The molecule has 29 heavy (non-hydrogen) atoms. The number of rotatable bonds is 3. The van der Waals surface area contributed by atoms with E-state index in [1.165, 1.54) is 10.5 Å². The highest BCUT2D eigenvalue weighted by molar-refractivity contribution is 6.22. The lowest BCUT2D eigenvalue weighted by Crippen LogP contribution is -2.32. The third kappa shape index (κ3) is 2.97. The quantitative estimate of drug-likeness (QED) is 0.668. The summed E-state index contributed by atoms with van der Waals surface area (Å²) in [4.78, 5) is 27.3. The van der Waals surface area contributed by atoms with E-state index in [1.54, 1.807) is 0 Å². The van der Waals surface area contributed by atoms with Crippen molar-refractivity contribution in [1.82, 2.24) is 0 Å². The molecule has 3 fully saturated rings. The molecule has 0 spiro atoms. The lowest BCUT2D eigenvalue weighted by atomic mass is 9.81. The maximum Gasteiger partial charge on any atom is 0.237 e. The van der Waals surface area contributed by atoms with Crippen LogP contribution >= 0.6 is 0 Å². The van der Waals surface area contributed by atoms with E-state index in [-0.39, 0.29) is 29.1 Å². The number of imide groups is 1. The summed E-state index contributed by atoms with van der Waals surface area (Å²) in [6, 6.07) is 15.4. The zero-order valence-electron chi connectivity index (χ0n) is 17.2. The lowest BCUT2D eigenvalue weighted by Gasteiger charge is -2.19. The third-order valence-corrected chi connectivity index (χ3v) is 6.98. The predicted molar refractivity (Wildman–Crippen MR) is 112 cm³/mol. The zero-order chi connectivity index (χ0) is 20.3. The SMILES string of the molecule is CC(C)(C)c1ccc(Oc2ccc(N3C(=O)C4C5CCC(C5)C4C3=O)cc2)cc1. The molecule has 4 nitrogen and oxygen atoms in total. The highest BCUT2D eigenvalue weighted by Crippen LogP contribution is 2.56. The molecule has 2 aromatic carbocycles. The van der Waals surface area contributed by atoms with Gasteiger partial charge < -0.3 is 4.74 Å². The second kappa shape index (κ2) is 6.45.